The number of hydrogen-bond acceptors (Lipinski definition) is 4. The topological polar surface area (TPSA) is 77.9 Å². The maximum Gasteiger partial charge on any atom is 0.326 e. The van der Waals surface area contributed by atoms with Crippen LogP contribution in [0.3, 0.4) is 0 Å². The van der Waals surface area contributed by atoms with Gasteiger partial charge in [-0.3, -0.25) is 9.59 Å². The molecule has 2 amide bonds. The summed E-state index contributed by atoms with van der Waals surface area (Å²) in [6, 6.07) is 6.14. The van der Waals surface area contributed by atoms with Crippen molar-refractivity contribution in [2.24, 2.45) is 0 Å². The molecule has 7 heteroatoms. The zero-order valence-corrected chi connectivity index (χ0v) is 13.6. The zero-order chi connectivity index (χ0) is 16.6. The number of carboxylic acids is 1. The van der Waals surface area contributed by atoms with Gasteiger partial charge in [-0.25, -0.2) is 4.79 Å². The molecule has 1 N–H and O–H groups in total. The van der Waals surface area contributed by atoms with Crippen LogP contribution >= 0.6 is 11.8 Å². The molecule has 0 saturated carbocycles. The van der Waals surface area contributed by atoms with Gasteiger partial charge in [0.2, 0.25) is 11.8 Å². The van der Waals surface area contributed by atoms with E-state index >= 15 is 0 Å². The van der Waals surface area contributed by atoms with Crippen LogP contribution in [-0.4, -0.2) is 56.4 Å². The minimum atomic E-state index is -1.01. The Morgan fingerprint density at radius 2 is 1.83 bits per heavy atom. The monoisotopic (exact) mass is 334 g/mol. The molecule has 6 nitrogen and oxygen atoms in total. The second-order valence-electron chi connectivity index (χ2n) is 5.80. The molecule has 0 radical (unpaired) electrons. The molecule has 3 rings (SSSR count). The van der Waals surface area contributed by atoms with Crippen molar-refractivity contribution in [3.63, 3.8) is 0 Å². The van der Waals surface area contributed by atoms with E-state index in [9.17, 15) is 19.5 Å². The third-order valence-electron chi connectivity index (χ3n) is 4.39. The molecule has 0 aromatic heterocycles. The van der Waals surface area contributed by atoms with Gasteiger partial charge in [-0.1, -0.05) is 24.3 Å². The number of carbonyl (C=O) groups excluding carboxylic acids is 2. The van der Waals surface area contributed by atoms with Gasteiger partial charge >= 0.3 is 5.97 Å². The number of fused-ring (bicyclic) bond motifs is 1. The number of carbonyl (C=O) groups is 3. The standard InChI is InChI=1S/C16H18N2O4S/c1-10(19)18-9-23-8-14(18)15(20)17-7-12-5-3-2-4-11(12)6-13(17)16(21)22/h2-5,13-14H,6-9H2,1H3,(H,21,22)/t13-,14+/m1/s1. The van der Waals surface area contributed by atoms with E-state index in [-0.39, 0.29) is 18.4 Å². The smallest absolute Gasteiger partial charge is 0.326 e. The molecular weight excluding hydrogens is 316 g/mol. The van der Waals surface area contributed by atoms with E-state index in [1.54, 1.807) is 0 Å². The Bertz CT molecular complexity index is 663. The lowest BCUT2D eigenvalue weighted by molar-refractivity contribution is -0.154. The first-order chi connectivity index (χ1) is 11.0. The number of aliphatic carboxylic acids is 1. The highest BCUT2D eigenvalue weighted by Gasteiger charge is 2.41. The van der Waals surface area contributed by atoms with E-state index in [0.29, 0.717) is 18.1 Å². The predicted octanol–water partition coefficient (Wildman–Crippen LogP) is 0.946. The Morgan fingerprint density at radius 3 is 2.48 bits per heavy atom. The lowest BCUT2D eigenvalue weighted by atomic mass is 9.93. The average Bonchev–Trinajstić information content (AvgIpc) is 3.02. The highest BCUT2D eigenvalue weighted by Crippen LogP contribution is 2.28. The molecule has 1 aromatic carbocycles. The first-order valence-corrected chi connectivity index (χ1v) is 8.59. The summed E-state index contributed by atoms with van der Waals surface area (Å²) in [7, 11) is 0. The van der Waals surface area contributed by atoms with Crippen LogP contribution in [0.25, 0.3) is 0 Å². The van der Waals surface area contributed by atoms with Crippen molar-refractivity contribution in [2.75, 3.05) is 11.6 Å². The fourth-order valence-electron chi connectivity index (χ4n) is 3.12. The Kier molecular flexibility index (Phi) is 4.30. The first kappa shape index (κ1) is 15.9. The lowest BCUT2D eigenvalue weighted by Gasteiger charge is -2.37. The third-order valence-corrected chi connectivity index (χ3v) is 5.40. The number of benzene rings is 1. The van der Waals surface area contributed by atoms with Gasteiger partial charge in [0.1, 0.15) is 12.1 Å². The van der Waals surface area contributed by atoms with Gasteiger partial charge in [0.25, 0.3) is 0 Å². The van der Waals surface area contributed by atoms with Crippen LogP contribution in [0.4, 0.5) is 0 Å². The number of hydrogen-bond donors (Lipinski definition) is 1. The highest BCUT2D eigenvalue weighted by molar-refractivity contribution is 7.99. The molecule has 1 aromatic rings. The third kappa shape index (κ3) is 2.93. The van der Waals surface area contributed by atoms with E-state index in [1.807, 2.05) is 24.3 Å². The van der Waals surface area contributed by atoms with Crippen molar-refractivity contribution in [1.29, 1.82) is 0 Å². The second-order valence-corrected chi connectivity index (χ2v) is 6.80. The van der Waals surface area contributed by atoms with Gasteiger partial charge in [0.15, 0.2) is 0 Å². The van der Waals surface area contributed by atoms with Crippen molar-refractivity contribution >= 4 is 29.5 Å². The van der Waals surface area contributed by atoms with Gasteiger partial charge < -0.3 is 14.9 Å². The molecule has 23 heavy (non-hydrogen) atoms. The molecular formula is C16H18N2O4S. The molecule has 1 fully saturated rings. The van der Waals surface area contributed by atoms with E-state index in [4.69, 9.17) is 0 Å². The summed E-state index contributed by atoms with van der Waals surface area (Å²) in [4.78, 5) is 39.1. The van der Waals surface area contributed by atoms with Crippen molar-refractivity contribution in [1.82, 2.24) is 9.80 Å². The summed E-state index contributed by atoms with van der Waals surface area (Å²) in [5.74, 6) is -0.436. The van der Waals surface area contributed by atoms with E-state index in [1.165, 1.54) is 28.5 Å². The molecule has 0 unspecified atom stereocenters. The van der Waals surface area contributed by atoms with E-state index < -0.39 is 18.1 Å². The fourth-order valence-corrected chi connectivity index (χ4v) is 4.33. The van der Waals surface area contributed by atoms with Crippen LogP contribution in [0.5, 0.6) is 0 Å². The highest BCUT2D eigenvalue weighted by atomic mass is 32.2. The molecule has 2 aliphatic heterocycles. The zero-order valence-electron chi connectivity index (χ0n) is 12.8. The molecule has 0 bridgehead atoms. The van der Waals surface area contributed by atoms with Gasteiger partial charge in [-0.15, -0.1) is 11.8 Å². The summed E-state index contributed by atoms with van der Waals surface area (Å²) >= 11 is 1.52. The maximum atomic E-state index is 12.9. The Hall–Kier alpha value is -2.02. The van der Waals surface area contributed by atoms with Crippen molar-refractivity contribution in [3.8, 4) is 0 Å². The van der Waals surface area contributed by atoms with Crippen LogP contribution in [0.1, 0.15) is 18.1 Å². The molecule has 1 saturated heterocycles. The van der Waals surface area contributed by atoms with E-state index in [0.717, 1.165) is 11.1 Å². The summed E-state index contributed by atoms with van der Waals surface area (Å²) in [6.07, 6.45) is 0.303. The van der Waals surface area contributed by atoms with Gasteiger partial charge in [0, 0.05) is 25.6 Å². The fraction of sp³-hybridized carbons (Fsp3) is 0.438. The summed E-state index contributed by atoms with van der Waals surface area (Å²) < 4.78 is 0. The van der Waals surface area contributed by atoms with Crippen molar-refractivity contribution in [2.45, 2.75) is 32.0 Å². The SMILES string of the molecule is CC(=O)N1CSC[C@H]1C(=O)N1Cc2ccccc2C[C@@H]1C(=O)O. The molecule has 2 heterocycles. The number of carboxylic acid groups (broad SMARTS) is 1. The van der Waals surface area contributed by atoms with Crippen LogP contribution in [0.2, 0.25) is 0 Å². The van der Waals surface area contributed by atoms with Gasteiger partial charge in [-0.2, -0.15) is 0 Å². The average molecular weight is 334 g/mol. The Balaban J connectivity index is 1.89. The number of amides is 2. The largest absolute Gasteiger partial charge is 0.480 e. The lowest BCUT2D eigenvalue weighted by Crippen LogP contribution is -2.55. The summed E-state index contributed by atoms with van der Waals surface area (Å²) in [5, 5.41) is 9.52. The number of thioether (sulfide) groups is 1. The van der Waals surface area contributed by atoms with Crippen LogP contribution < -0.4 is 0 Å². The van der Waals surface area contributed by atoms with Crippen molar-refractivity contribution in [3.05, 3.63) is 35.4 Å². The molecule has 122 valence electrons. The quantitative estimate of drug-likeness (QED) is 0.871. The predicted molar refractivity (Wildman–Crippen MR) is 85.8 cm³/mol. The van der Waals surface area contributed by atoms with Gasteiger partial charge in [0.05, 0.1) is 5.88 Å². The Morgan fingerprint density at radius 1 is 1.13 bits per heavy atom. The first-order valence-electron chi connectivity index (χ1n) is 7.44. The van der Waals surface area contributed by atoms with Crippen LogP contribution in [-0.2, 0) is 27.3 Å². The minimum absolute atomic E-state index is 0.155. The number of rotatable bonds is 2. The second kappa shape index (κ2) is 6.23. The molecule has 2 aliphatic rings. The van der Waals surface area contributed by atoms with Gasteiger partial charge in [-0.05, 0) is 11.1 Å². The van der Waals surface area contributed by atoms with Crippen LogP contribution in [0, 0.1) is 0 Å². The summed E-state index contributed by atoms with van der Waals surface area (Å²) in [5.41, 5.74) is 1.94. The van der Waals surface area contributed by atoms with Crippen LogP contribution in [0.15, 0.2) is 24.3 Å². The minimum Gasteiger partial charge on any atom is -0.480 e. The molecule has 0 aliphatic carbocycles. The number of nitrogens with zero attached hydrogens (tertiary/aromatic N) is 2. The molecule has 0 spiro atoms. The Labute approximate surface area is 138 Å². The summed E-state index contributed by atoms with van der Waals surface area (Å²) in [6.45, 7) is 1.71. The molecule has 2 atom stereocenters. The normalized spacial score (nSPS) is 23.5. The van der Waals surface area contributed by atoms with Crippen molar-refractivity contribution < 1.29 is 19.5 Å². The maximum absolute atomic E-state index is 12.9. The van der Waals surface area contributed by atoms with E-state index in [2.05, 4.69) is 0 Å².